The monoisotopic (exact) mass is 461 g/mol. The Morgan fingerprint density at radius 1 is 1.07 bits per heavy atom. The molecule has 0 aliphatic rings. The predicted octanol–water partition coefficient (Wildman–Crippen LogP) is 5.14. The summed E-state index contributed by atoms with van der Waals surface area (Å²) in [6.07, 6.45) is -3.95. The number of alkyl carbamates (subject to hydrolysis) is 1. The third kappa shape index (κ3) is 8.16. The Bertz CT molecular complexity index is 639. The predicted molar refractivity (Wildman–Crippen MR) is 105 cm³/mol. The minimum Gasteiger partial charge on any atom is -0.428 e. The number of rotatable bonds is 8. The van der Waals surface area contributed by atoms with E-state index in [1.165, 1.54) is 0 Å². The third-order valence-electron chi connectivity index (χ3n) is 2.87. The third-order valence-corrected chi connectivity index (χ3v) is 5.90. The van der Waals surface area contributed by atoms with Crippen molar-refractivity contribution in [1.29, 1.82) is 0 Å². The summed E-state index contributed by atoms with van der Waals surface area (Å²) in [5.74, 6) is -1.40. The van der Waals surface area contributed by atoms with Crippen LogP contribution in [0.1, 0.15) is 39.1 Å². The van der Waals surface area contributed by atoms with Gasteiger partial charge in [0.15, 0.2) is 6.23 Å². The van der Waals surface area contributed by atoms with E-state index in [1.54, 1.807) is 58.0 Å². The lowest BCUT2D eigenvalue weighted by molar-refractivity contribution is 0.0640. The minimum absolute atomic E-state index is 0.376. The summed E-state index contributed by atoms with van der Waals surface area (Å²) < 4.78 is 27.6. The fourth-order valence-corrected chi connectivity index (χ4v) is 4.36. The number of ether oxygens (including phenoxy) is 1. The summed E-state index contributed by atoms with van der Waals surface area (Å²) in [6, 6.07) is 8.29. The lowest BCUT2D eigenvalue weighted by Crippen LogP contribution is -2.44. The molecule has 0 aliphatic heterocycles. The van der Waals surface area contributed by atoms with Gasteiger partial charge in [-0.2, -0.15) is 0 Å². The molecule has 0 saturated heterocycles. The van der Waals surface area contributed by atoms with Crippen LogP contribution in [0.4, 0.5) is 4.79 Å². The Labute approximate surface area is 173 Å². The molecule has 0 unspecified atom stereocenters. The normalized spacial score (nSPS) is 14.9. The van der Waals surface area contributed by atoms with E-state index in [2.05, 4.69) is 0 Å². The van der Waals surface area contributed by atoms with Crippen molar-refractivity contribution in [2.75, 3.05) is 0 Å². The second kappa shape index (κ2) is 10.3. The number of hydrogen-bond acceptors (Lipinski definition) is 6. The lowest BCUT2D eigenvalue weighted by atomic mass is 10.2. The van der Waals surface area contributed by atoms with Crippen molar-refractivity contribution in [2.24, 2.45) is 0 Å². The van der Waals surface area contributed by atoms with E-state index >= 15 is 0 Å². The van der Waals surface area contributed by atoms with Gasteiger partial charge in [-0.15, -0.1) is 0 Å². The Balaban J connectivity index is 3.19. The minimum atomic E-state index is -3.97. The number of alkyl halides is 3. The molecule has 0 aromatic heterocycles. The molecule has 1 aromatic carbocycles. The van der Waals surface area contributed by atoms with Crippen LogP contribution in [0.3, 0.4) is 0 Å². The van der Waals surface area contributed by atoms with Gasteiger partial charge in [0.2, 0.25) is 9.64 Å². The molecular weight excluding hydrogens is 440 g/mol. The van der Waals surface area contributed by atoms with Gasteiger partial charge >= 0.3 is 13.7 Å². The highest BCUT2D eigenvalue weighted by molar-refractivity contribution is 7.54. The van der Waals surface area contributed by atoms with Crippen LogP contribution in [0, 0.1) is 0 Å². The van der Waals surface area contributed by atoms with E-state index in [0.717, 1.165) is 0 Å². The molecule has 154 valence electrons. The Hall–Kier alpha value is -0.530. The number of benzene rings is 1. The summed E-state index contributed by atoms with van der Waals surface area (Å²) in [4.78, 5) is 12.2. The van der Waals surface area contributed by atoms with Crippen LogP contribution in [-0.4, -0.2) is 33.4 Å². The largest absolute Gasteiger partial charge is 0.428 e. The summed E-state index contributed by atoms with van der Waals surface area (Å²) in [5, 5.41) is 11.7. The first-order valence-corrected chi connectivity index (χ1v) is 10.8. The zero-order valence-electron chi connectivity index (χ0n) is 15.3. The van der Waals surface area contributed by atoms with E-state index in [4.69, 9.17) is 48.6 Å². The standard InChI is InChI=1S/C16H23Cl3NO6P/c1-10(2)25-27(23,26-11(3)4)13(12-8-6-5-7-9-12)24-15(22)20-14(21)16(17,18)19/h5-11,13-14,21H,1-4H3,(H,20,22)/t13-,14+/m1/s1. The fourth-order valence-electron chi connectivity index (χ4n) is 1.98. The molecule has 0 bridgehead atoms. The van der Waals surface area contributed by atoms with Crippen molar-refractivity contribution in [1.82, 2.24) is 5.32 Å². The van der Waals surface area contributed by atoms with Crippen molar-refractivity contribution in [3.8, 4) is 0 Å². The molecule has 0 fully saturated rings. The summed E-state index contributed by atoms with van der Waals surface area (Å²) >= 11 is 16.5. The number of halogens is 3. The van der Waals surface area contributed by atoms with Gasteiger partial charge in [-0.05, 0) is 27.7 Å². The first-order chi connectivity index (χ1) is 12.3. The van der Waals surface area contributed by atoms with Gasteiger partial charge in [-0.3, -0.25) is 9.88 Å². The second-order valence-electron chi connectivity index (χ2n) is 6.11. The molecule has 0 spiro atoms. The van der Waals surface area contributed by atoms with E-state index < -0.39 is 41.8 Å². The smallest absolute Gasteiger partial charge is 0.410 e. The summed E-state index contributed by atoms with van der Waals surface area (Å²) in [5.41, 5.74) is 0.376. The quantitative estimate of drug-likeness (QED) is 0.315. The van der Waals surface area contributed by atoms with E-state index in [9.17, 15) is 14.5 Å². The highest BCUT2D eigenvalue weighted by atomic mass is 35.6. The molecule has 1 aromatic rings. The number of carbonyl (C=O) groups is 1. The van der Waals surface area contributed by atoms with E-state index in [1.807, 2.05) is 5.32 Å². The van der Waals surface area contributed by atoms with Crippen LogP contribution in [0.2, 0.25) is 0 Å². The summed E-state index contributed by atoms with van der Waals surface area (Å²) in [7, 11) is -3.97. The van der Waals surface area contributed by atoms with Gasteiger partial charge in [-0.1, -0.05) is 65.1 Å². The van der Waals surface area contributed by atoms with Crippen molar-refractivity contribution in [2.45, 2.75) is 55.8 Å². The van der Waals surface area contributed by atoms with Crippen LogP contribution in [0.15, 0.2) is 30.3 Å². The van der Waals surface area contributed by atoms with Gasteiger partial charge in [0.1, 0.15) is 0 Å². The molecular formula is C16H23Cl3NO6P. The molecule has 0 saturated carbocycles. The summed E-state index contributed by atoms with van der Waals surface area (Å²) in [6.45, 7) is 6.69. The fraction of sp³-hybridized carbons (Fsp3) is 0.562. The van der Waals surface area contributed by atoms with Crippen molar-refractivity contribution in [3.63, 3.8) is 0 Å². The number of aliphatic hydroxyl groups is 1. The van der Waals surface area contributed by atoms with Gasteiger partial charge in [0.25, 0.3) is 0 Å². The molecule has 11 heteroatoms. The first-order valence-electron chi connectivity index (χ1n) is 8.08. The molecule has 2 N–H and O–H groups in total. The van der Waals surface area contributed by atoms with Gasteiger partial charge < -0.3 is 18.9 Å². The number of carbonyl (C=O) groups excluding carboxylic acids is 1. The maximum atomic E-state index is 13.5. The SMILES string of the molecule is CC(C)OP(=O)(OC(C)C)[C@@H](OC(=O)N[C@@H](O)C(Cl)(Cl)Cl)c1ccccc1. The highest BCUT2D eigenvalue weighted by Crippen LogP contribution is 2.63. The van der Waals surface area contributed by atoms with Crippen LogP contribution >= 0.6 is 42.4 Å². The Kier molecular flexibility index (Phi) is 9.35. The zero-order chi connectivity index (χ0) is 20.8. The van der Waals surface area contributed by atoms with Crippen molar-refractivity contribution < 1.29 is 28.3 Å². The average molecular weight is 463 g/mol. The Morgan fingerprint density at radius 2 is 1.56 bits per heavy atom. The zero-order valence-corrected chi connectivity index (χ0v) is 18.4. The van der Waals surface area contributed by atoms with E-state index in [-0.39, 0.29) is 0 Å². The number of aliphatic hydroxyl groups excluding tert-OH is 1. The molecule has 7 nitrogen and oxygen atoms in total. The molecule has 1 amide bonds. The van der Waals surface area contributed by atoms with Crippen LogP contribution < -0.4 is 5.32 Å². The molecule has 0 aliphatic carbocycles. The molecule has 2 atom stereocenters. The Morgan fingerprint density at radius 3 is 1.96 bits per heavy atom. The second-order valence-corrected chi connectivity index (χ2v) is 10.4. The average Bonchev–Trinajstić information content (AvgIpc) is 2.50. The van der Waals surface area contributed by atoms with Gasteiger partial charge in [-0.25, -0.2) is 4.79 Å². The van der Waals surface area contributed by atoms with Crippen LogP contribution in [0.5, 0.6) is 0 Å². The number of amides is 1. The molecule has 0 radical (unpaired) electrons. The highest BCUT2D eigenvalue weighted by Gasteiger charge is 2.43. The molecule has 0 heterocycles. The van der Waals surface area contributed by atoms with Crippen molar-refractivity contribution >= 4 is 48.5 Å². The topological polar surface area (TPSA) is 94.1 Å². The van der Waals surface area contributed by atoms with Crippen molar-refractivity contribution in [3.05, 3.63) is 35.9 Å². The van der Waals surface area contributed by atoms with Crippen LogP contribution in [-0.2, 0) is 18.3 Å². The molecule has 27 heavy (non-hydrogen) atoms. The maximum absolute atomic E-state index is 13.5. The van der Waals surface area contributed by atoms with E-state index in [0.29, 0.717) is 5.56 Å². The van der Waals surface area contributed by atoms with Crippen LogP contribution in [0.25, 0.3) is 0 Å². The molecule has 1 rings (SSSR count). The lowest BCUT2D eigenvalue weighted by Gasteiger charge is -2.30. The van der Waals surface area contributed by atoms with Gasteiger partial charge in [0, 0.05) is 5.56 Å². The maximum Gasteiger partial charge on any atom is 0.410 e. The van der Waals surface area contributed by atoms with Gasteiger partial charge in [0.05, 0.1) is 12.2 Å². The first kappa shape index (κ1) is 24.5. The number of nitrogens with one attached hydrogen (secondary N) is 1. The number of hydrogen-bond donors (Lipinski definition) is 2.